The lowest BCUT2D eigenvalue weighted by Gasteiger charge is -2.26. The highest BCUT2D eigenvalue weighted by Gasteiger charge is 2.33. The number of aromatic nitrogens is 3. The summed E-state index contributed by atoms with van der Waals surface area (Å²) in [6, 6.07) is 12.6. The molecule has 3 N–H and O–H groups in total. The number of ether oxygens (including phenoxy) is 1. The lowest BCUT2D eigenvalue weighted by molar-refractivity contribution is -0.344. The van der Waals surface area contributed by atoms with Crippen molar-refractivity contribution in [3.63, 3.8) is 0 Å². The molecule has 0 spiro atoms. The van der Waals surface area contributed by atoms with E-state index < -0.39 is 17.6 Å². The van der Waals surface area contributed by atoms with Crippen LogP contribution in [0.15, 0.2) is 60.9 Å². The van der Waals surface area contributed by atoms with Crippen LogP contribution in [0.25, 0.3) is 5.65 Å². The number of aryl methyl sites for hydroxylation is 1. The van der Waals surface area contributed by atoms with Crippen LogP contribution < -0.4 is 15.6 Å². The van der Waals surface area contributed by atoms with Gasteiger partial charge in [0.25, 0.3) is 5.91 Å². The summed E-state index contributed by atoms with van der Waals surface area (Å²) in [6.07, 6.45) is -1.17. The minimum absolute atomic E-state index is 0.0638. The minimum atomic E-state index is -4.57. The van der Waals surface area contributed by atoms with Gasteiger partial charge in [0.1, 0.15) is 6.20 Å². The molecule has 4 aromatic rings. The van der Waals surface area contributed by atoms with E-state index >= 15 is 0 Å². The standard InChI is InChI=1S/C30H29F3N6O2/c1-21-4-5-23(17-22(21)7-9-26-20-35-28-3-2-10-36-39(26)28)29(40)37-25-8-6-24(27(18-25)30(31,32)33)19-34-11-12-38-13-15-41-16-14-38/h2-6,8,10,17-18,20,34H,11-16,19H2,1H3,(H,37,40)/p+1. The molecule has 0 bridgehead atoms. The fourth-order valence-corrected chi connectivity index (χ4v) is 4.56. The molecule has 1 amide bonds. The van der Waals surface area contributed by atoms with Crippen molar-refractivity contribution in [2.75, 3.05) is 44.7 Å². The minimum Gasteiger partial charge on any atom is -0.379 e. The van der Waals surface area contributed by atoms with E-state index in [1.54, 1.807) is 35.1 Å². The number of hydrogen-bond donors (Lipinski definition) is 2. The summed E-state index contributed by atoms with van der Waals surface area (Å²) in [4.78, 5) is 18.3. The number of morpholine rings is 1. The third-order valence-electron chi connectivity index (χ3n) is 6.86. The molecule has 11 heteroatoms. The van der Waals surface area contributed by atoms with Gasteiger partial charge >= 0.3 is 11.8 Å². The molecule has 5 rings (SSSR count). The zero-order chi connectivity index (χ0) is 28.8. The van der Waals surface area contributed by atoms with E-state index in [0.717, 1.165) is 36.9 Å². The highest BCUT2D eigenvalue weighted by molar-refractivity contribution is 6.04. The Balaban J connectivity index is 1.27. The third kappa shape index (κ3) is 7.10. The Morgan fingerprint density at radius 1 is 1.12 bits per heavy atom. The van der Waals surface area contributed by atoms with Gasteiger partial charge in [-0.15, -0.1) is 0 Å². The maximum atomic E-state index is 13.9. The van der Waals surface area contributed by atoms with E-state index in [2.05, 4.69) is 37.5 Å². The molecule has 0 atom stereocenters. The normalized spacial score (nSPS) is 14.0. The van der Waals surface area contributed by atoms with Gasteiger partial charge in [0.05, 0.1) is 25.0 Å². The maximum absolute atomic E-state index is 13.9. The Labute approximate surface area is 235 Å². The number of carbonyl (C=O) groups excluding carboxylic acids is 1. The molecule has 1 fully saturated rings. The van der Waals surface area contributed by atoms with Gasteiger partial charge < -0.3 is 15.4 Å². The molecule has 41 heavy (non-hydrogen) atoms. The lowest BCUT2D eigenvalue weighted by Crippen LogP contribution is -2.40. The second-order valence-electron chi connectivity index (χ2n) is 9.73. The maximum Gasteiger partial charge on any atom is 0.416 e. The van der Waals surface area contributed by atoms with E-state index in [-0.39, 0.29) is 23.4 Å². The first-order chi connectivity index (χ1) is 19.8. The predicted molar refractivity (Wildman–Crippen MR) is 147 cm³/mol. The summed E-state index contributed by atoms with van der Waals surface area (Å²) < 4.78 is 48.7. The number of imidazole rings is 1. The number of fused-ring (bicyclic) bond motifs is 1. The van der Waals surface area contributed by atoms with Crippen molar-refractivity contribution in [1.82, 2.24) is 19.8 Å². The van der Waals surface area contributed by atoms with Crippen LogP contribution in [0.1, 0.15) is 38.3 Å². The van der Waals surface area contributed by atoms with Crippen LogP contribution in [0.2, 0.25) is 0 Å². The third-order valence-corrected chi connectivity index (χ3v) is 6.86. The van der Waals surface area contributed by atoms with Crippen molar-refractivity contribution in [2.24, 2.45) is 0 Å². The second-order valence-corrected chi connectivity index (χ2v) is 9.73. The second kappa shape index (κ2) is 12.5. The Bertz CT molecular complexity index is 1600. The Kier molecular flexibility index (Phi) is 8.64. The van der Waals surface area contributed by atoms with Crippen molar-refractivity contribution < 1.29 is 27.7 Å². The predicted octanol–water partition coefficient (Wildman–Crippen LogP) is 3.55. The van der Waals surface area contributed by atoms with Gasteiger partial charge in [-0.25, -0.2) is 4.98 Å². The Morgan fingerprint density at radius 3 is 2.76 bits per heavy atom. The first-order valence-corrected chi connectivity index (χ1v) is 13.3. The Hall–Kier alpha value is -4.24. The van der Waals surface area contributed by atoms with Crippen molar-refractivity contribution >= 4 is 17.2 Å². The number of benzene rings is 2. The molecule has 212 valence electrons. The molecule has 2 aromatic carbocycles. The van der Waals surface area contributed by atoms with Gasteiger partial charge in [-0.05, 0) is 54.3 Å². The number of anilines is 1. The number of H-pyrrole nitrogens is 1. The Morgan fingerprint density at radius 2 is 1.95 bits per heavy atom. The molecule has 0 unspecified atom stereocenters. The number of nitrogens with zero attached hydrogens (tertiary/aromatic N) is 3. The van der Waals surface area contributed by atoms with Crippen molar-refractivity contribution in [2.45, 2.75) is 19.6 Å². The smallest absolute Gasteiger partial charge is 0.379 e. The van der Waals surface area contributed by atoms with Gasteiger partial charge in [-0.2, -0.15) is 13.2 Å². The van der Waals surface area contributed by atoms with E-state index in [1.165, 1.54) is 12.1 Å². The van der Waals surface area contributed by atoms with E-state index in [0.29, 0.717) is 31.0 Å². The average molecular weight is 564 g/mol. The quantitative estimate of drug-likeness (QED) is 0.266. The molecule has 2 aromatic heterocycles. The number of nitrogens with one attached hydrogen (secondary N) is 3. The van der Waals surface area contributed by atoms with Crippen LogP contribution in [-0.2, 0) is 17.5 Å². The number of alkyl halides is 3. The summed E-state index contributed by atoms with van der Waals surface area (Å²) in [5, 5.41) is 9.97. The van der Waals surface area contributed by atoms with Crippen LogP contribution in [-0.4, -0.2) is 59.8 Å². The molecule has 3 heterocycles. The molecular formula is C30H30F3N6O2+. The number of hydrogen-bond acceptors (Lipinski definition) is 5. The van der Waals surface area contributed by atoms with Gasteiger partial charge in [0.2, 0.25) is 5.69 Å². The molecule has 0 saturated carbocycles. The van der Waals surface area contributed by atoms with Crippen LogP contribution in [0.3, 0.4) is 0 Å². The molecular weight excluding hydrogens is 533 g/mol. The van der Waals surface area contributed by atoms with E-state index in [4.69, 9.17) is 4.74 Å². The summed E-state index contributed by atoms with van der Waals surface area (Å²) in [5.41, 5.74) is 2.60. The van der Waals surface area contributed by atoms with E-state index in [9.17, 15) is 18.0 Å². The van der Waals surface area contributed by atoms with Gasteiger partial charge in [0, 0.05) is 55.6 Å². The van der Waals surface area contributed by atoms with Gasteiger partial charge in [-0.3, -0.25) is 9.69 Å². The zero-order valence-electron chi connectivity index (χ0n) is 22.5. The molecule has 0 radical (unpaired) electrons. The number of amides is 1. The number of carbonyl (C=O) groups is 1. The fraction of sp³-hybridized carbons (Fsp3) is 0.300. The van der Waals surface area contributed by atoms with Crippen LogP contribution >= 0.6 is 0 Å². The van der Waals surface area contributed by atoms with Crippen molar-refractivity contribution in [1.29, 1.82) is 0 Å². The largest absolute Gasteiger partial charge is 0.416 e. The molecule has 0 aliphatic carbocycles. The van der Waals surface area contributed by atoms with Crippen molar-refractivity contribution in [3.8, 4) is 11.8 Å². The summed E-state index contributed by atoms with van der Waals surface area (Å²) in [6.45, 7) is 6.21. The van der Waals surface area contributed by atoms with Gasteiger partial charge in [0.15, 0.2) is 0 Å². The van der Waals surface area contributed by atoms with Crippen LogP contribution in [0.4, 0.5) is 18.9 Å². The number of aromatic amines is 1. The van der Waals surface area contributed by atoms with Crippen LogP contribution in [0, 0.1) is 18.8 Å². The summed E-state index contributed by atoms with van der Waals surface area (Å²) >= 11 is 0. The average Bonchev–Trinajstić information content (AvgIpc) is 3.38. The topological polar surface area (TPSA) is 85.0 Å². The molecule has 1 aliphatic rings. The fourth-order valence-electron chi connectivity index (χ4n) is 4.56. The molecule has 1 aliphatic heterocycles. The van der Waals surface area contributed by atoms with Crippen molar-refractivity contribution in [3.05, 3.63) is 94.4 Å². The summed E-state index contributed by atoms with van der Waals surface area (Å²) in [7, 11) is 0. The number of halogens is 3. The van der Waals surface area contributed by atoms with E-state index in [1.807, 2.05) is 19.1 Å². The highest BCUT2D eigenvalue weighted by Crippen LogP contribution is 2.34. The van der Waals surface area contributed by atoms with Gasteiger partial charge in [-0.1, -0.05) is 27.7 Å². The zero-order valence-corrected chi connectivity index (χ0v) is 22.5. The summed E-state index contributed by atoms with van der Waals surface area (Å²) in [5.74, 6) is 5.60. The first-order valence-electron chi connectivity index (χ1n) is 13.3. The monoisotopic (exact) mass is 563 g/mol. The lowest BCUT2D eigenvalue weighted by atomic mass is 10.0. The molecule has 1 saturated heterocycles. The van der Waals surface area contributed by atoms with Crippen LogP contribution in [0.5, 0.6) is 0 Å². The first kappa shape index (κ1) is 28.3. The highest BCUT2D eigenvalue weighted by atomic mass is 19.4. The number of rotatable bonds is 7. The molecule has 8 nitrogen and oxygen atoms in total. The SMILES string of the molecule is Cc1ccc(C(=O)Nc2ccc(CNCCN3CCOCC3)c(C(F)(F)F)c2)cc1C#Cc1c[nH+]c2cccnn12.